The van der Waals surface area contributed by atoms with E-state index in [1.165, 1.54) is 0 Å². The third kappa shape index (κ3) is 39.4. The van der Waals surface area contributed by atoms with Gasteiger partial charge in [0.05, 0.1) is 0 Å². The molecule has 0 aromatic rings. The van der Waals surface area contributed by atoms with Crippen molar-refractivity contribution >= 4 is 27.5 Å². The van der Waals surface area contributed by atoms with Gasteiger partial charge in [-0.15, -0.1) is 0 Å². The second-order valence-electron chi connectivity index (χ2n) is 1.22. The van der Waals surface area contributed by atoms with E-state index >= 15 is 0 Å². The van der Waals surface area contributed by atoms with E-state index in [9.17, 15) is 0 Å². The number of hydrogen-bond donors (Lipinski definition) is 1. The summed E-state index contributed by atoms with van der Waals surface area (Å²) in [6.07, 6.45) is 4.00. The van der Waals surface area contributed by atoms with Crippen molar-refractivity contribution in [2.45, 2.75) is 0 Å². The molecule has 0 aromatic heterocycles. The van der Waals surface area contributed by atoms with Crippen LogP contribution in [0, 0.1) is 0 Å². The Morgan fingerprint density at radius 3 is 1.60 bits per heavy atom. The Kier molecular flexibility index (Phi) is 2.11. The number of thiol groups is 1. The molecule has 0 nitrogen and oxygen atoms in total. The van der Waals surface area contributed by atoms with Crippen LogP contribution in [0.4, 0.5) is 0 Å². The van der Waals surface area contributed by atoms with Gasteiger partial charge in [0, 0.05) is 0 Å². The van der Waals surface area contributed by atoms with Gasteiger partial charge in [-0.25, -0.2) is 0 Å². The second-order valence-corrected chi connectivity index (χ2v) is 10.0. The summed E-state index contributed by atoms with van der Waals surface area (Å²) in [6, 6.07) is 0. The molecule has 0 N–H and O–H groups in total. The van der Waals surface area contributed by atoms with Gasteiger partial charge in [0.2, 0.25) is 0 Å². The monoisotopic (exact) mass is 126 g/mol. The molecule has 0 atom stereocenters. The Morgan fingerprint density at radius 2 is 1.60 bits per heavy atom. The van der Waals surface area contributed by atoms with E-state index in [-0.39, 0.29) is 0 Å². The molecule has 0 radical (unpaired) electrons. The van der Waals surface area contributed by atoms with Crippen LogP contribution in [0.25, 0.3) is 0 Å². The average molecular weight is 126 g/mol. The zero-order chi connectivity index (χ0) is 4.50. The molecule has 0 fully saturated rings. The van der Waals surface area contributed by atoms with Crippen molar-refractivity contribution in [3.8, 4) is 0 Å². The summed E-state index contributed by atoms with van der Waals surface area (Å²) in [5.41, 5.74) is 0. The van der Waals surface area contributed by atoms with Gasteiger partial charge in [0.25, 0.3) is 0 Å². The molecular weight excluding hydrogens is 119 g/mol. The molecule has 32 valence electrons. The maximum atomic E-state index is 4.07. The molecule has 0 saturated carbocycles. The molecule has 5 heavy (non-hydrogen) atoms. The van der Waals surface area contributed by atoms with Gasteiger partial charge in [0.1, 0.15) is 0 Å². The minimum absolute atomic E-state index is 0.778. The predicted octanol–water partition coefficient (Wildman–Crippen LogP) is 2.22. The van der Waals surface area contributed by atoms with Gasteiger partial charge in [0.15, 0.2) is 0 Å². The molecule has 0 bridgehead atoms. The van der Waals surface area contributed by atoms with E-state index in [1.807, 2.05) is 12.5 Å². The van der Waals surface area contributed by atoms with Gasteiger partial charge in [-0.3, -0.25) is 0 Å². The standard InChI is InChI=1S/C2H7PS2/c1-5(2,3)4/h4H,1-2H3. The zero-order valence-electron chi connectivity index (χ0n) is 3.30. The molecule has 0 spiro atoms. The van der Waals surface area contributed by atoms with Crippen molar-refractivity contribution in [1.29, 1.82) is 0 Å². The maximum absolute atomic E-state index is 4.07. The fourth-order valence-corrected chi connectivity index (χ4v) is 0. The summed E-state index contributed by atoms with van der Waals surface area (Å²) in [6.45, 7) is 0. The van der Waals surface area contributed by atoms with Crippen LogP contribution in [0.3, 0.4) is 0 Å². The van der Waals surface area contributed by atoms with E-state index in [4.69, 9.17) is 0 Å². The normalized spacial score (nSPS) is 11.6. The number of hydrogen-bond acceptors (Lipinski definition) is 1. The first-order valence-electron chi connectivity index (χ1n) is 1.18. The second kappa shape index (κ2) is 1.72. The van der Waals surface area contributed by atoms with E-state index in [0.717, 1.165) is 0 Å². The van der Waals surface area contributed by atoms with Crippen molar-refractivity contribution in [3.63, 3.8) is 0 Å². The fourth-order valence-electron chi connectivity index (χ4n) is 0. The van der Waals surface area contributed by atoms with Crippen LogP contribution in [-0.4, -0.2) is 12.5 Å². The van der Waals surface area contributed by atoms with Gasteiger partial charge >= 0.3 is 40.0 Å². The van der Waals surface area contributed by atoms with Crippen molar-refractivity contribution in [3.05, 3.63) is 0 Å². The van der Waals surface area contributed by atoms with Crippen molar-refractivity contribution in [2.24, 2.45) is 0 Å². The van der Waals surface area contributed by atoms with Gasteiger partial charge in [-0.05, 0) is 0 Å². The summed E-state index contributed by atoms with van der Waals surface area (Å²) in [4.78, 5) is 0. The Labute approximate surface area is 40.5 Å². The fraction of sp³-hybridized carbons (Fsp3) is 1.00. The van der Waals surface area contributed by atoms with Crippen LogP contribution < -0.4 is 0 Å². The van der Waals surface area contributed by atoms with Gasteiger partial charge in [-0.2, -0.15) is 0 Å². The summed E-state index contributed by atoms with van der Waals surface area (Å²) < 4.78 is 0. The van der Waals surface area contributed by atoms with Crippen LogP contribution >= 0.6 is 27.5 Å². The predicted molar refractivity (Wildman–Crippen MR) is 35.3 cm³/mol. The zero-order valence-corrected chi connectivity index (χ0v) is 5.91. The molecule has 0 saturated heterocycles. The molecule has 0 rings (SSSR count). The molecule has 0 aliphatic carbocycles. The summed E-state index contributed by atoms with van der Waals surface area (Å²) in [5, 5.41) is 0. The minimum atomic E-state index is -0.778. The Morgan fingerprint density at radius 1 is 1.60 bits per heavy atom. The van der Waals surface area contributed by atoms with E-state index in [1.54, 1.807) is 0 Å². The Bertz CT molecular complexity index is 86.8. The SMILES string of the molecule is CS(C)(#P)S. The average Bonchev–Trinajstić information content (AvgIpc) is 0.722. The topological polar surface area (TPSA) is 0 Å². The molecule has 0 aliphatic rings. The first-order valence-corrected chi connectivity index (χ1v) is 5.74. The molecule has 0 aromatic carbocycles. The van der Waals surface area contributed by atoms with E-state index in [0.29, 0.717) is 0 Å². The van der Waals surface area contributed by atoms with E-state index < -0.39 is 8.04 Å². The molecule has 0 heterocycles. The number of rotatable bonds is 0. The van der Waals surface area contributed by atoms with Gasteiger partial charge in [-0.1, -0.05) is 0 Å². The van der Waals surface area contributed by atoms with Crippen LogP contribution in [0.5, 0.6) is 0 Å². The van der Waals surface area contributed by atoms with Crippen LogP contribution in [-0.2, 0) is 0 Å². The van der Waals surface area contributed by atoms with Crippen molar-refractivity contribution < 1.29 is 0 Å². The van der Waals surface area contributed by atoms with Crippen LogP contribution in [0.1, 0.15) is 0 Å². The molecule has 3 heteroatoms. The third-order valence-corrected chi connectivity index (χ3v) is 0. The molecular formula is C2H7PS2. The summed E-state index contributed by atoms with van der Waals surface area (Å²) in [7, 11) is 3.29. The Balaban J connectivity index is 3.66. The van der Waals surface area contributed by atoms with Crippen molar-refractivity contribution in [1.82, 2.24) is 0 Å². The molecule has 0 amide bonds. The first kappa shape index (κ1) is 6.13. The van der Waals surface area contributed by atoms with Gasteiger partial charge < -0.3 is 0 Å². The van der Waals surface area contributed by atoms with E-state index in [2.05, 4.69) is 19.5 Å². The quantitative estimate of drug-likeness (QED) is 0.287. The van der Waals surface area contributed by atoms with Crippen molar-refractivity contribution in [2.75, 3.05) is 12.5 Å². The third-order valence-electron chi connectivity index (χ3n) is 0. The summed E-state index contributed by atoms with van der Waals surface area (Å²) >= 11 is 4.07. The van der Waals surface area contributed by atoms with Crippen LogP contribution in [0.15, 0.2) is 0 Å². The molecule has 0 aliphatic heterocycles. The first-order chi connectivity index (χ1) is 2.00. The molecule has 0 unspecified atom stereocenters. The summed E-state index contributed by atoms with van der Waals surface area (Å²) in [5.74, 6) is 0. The Hall–Kier alpha value is 1.13. The van der Waals surface area contributed by atoms with Crippen LogP contribution in [0.2, 0.25) is 0 Å².